The SMILES string of the molecule is CC(=O)NC(CNc1cc(F)ccc1C)C(=O)O. The number of hydrogen-bond donors (Lipinski definition) is 3. The summed E-state index contributed by atoms with van der Waals surface area (Å²) in [7, 11) is 0. The van der Waals surface area contributed by atoms with Crippen LogP contribution in [0.5, 0.6) is 0 Å². The molecule has 0 aromatic heterocycles. The Morgan fingerprint density at radius 1 is 1.44 bits per heavy atom. The molecular weight excluding hydrogens is 239 g/mol. The number of hydrogen-bond acceptors (Lipinski definition) is 3. The lowest BCUT2D eigenvalue weighted by atomic mass is 10.2. The second-order valence-electron chi connectivity index (χ2n) is 3.93. The van der Waals surface area contributed by atoms with Gasteiger partial charge < -0.3 is 15.7 Å². The molecule has 1 aromatic rings. The zero-order valence-electron chi connectivity index (χ0n) is 10.2. The number of carboxylic acids is 1. The summed E-state index contributed by atoms with van der Waals surface area (Å²) >= 11 is 0. The molecule has 5 nitrogen and oxygen atoms in total. The summed E-state index contributed by atoms with van der Waals surface area (Å²) in [5.41, 5.74) is 1.30. The number of benzene rings is 1. The molecule has 0 saturated heterocycles. The molecule has 0 heterocycles. The van der Waals surface area contributed by atoms with E-state index in [2.05, 4.69) is 10.6 Å². The molecule has 1 rings (SSSR count). The Hall–Kier alpha value is -2.11. The zero-order chi connectivity index (χ0) is 13.7. The van der Waals surface area contributed by atoms with Gasteiger partial charge in [0.15, 0.2) is 0 Å². The third kappa shape index (κ3) is 4.04. The van der Waals surface area contributed by atoms with Crippen LogP contribution in [0.1, 0.15) is 12.5 Å². The lowest BCUT2D eigenvalue weighted by Gasteiger charge is -2.16. The molecule has 18 heavy (non-hydrogen) atoms. The predicted octanol–water partition coefficient (Wildman–Crippen LogP) is 1.14. The van der Waals surface area contributed by atoms with E-state index >= 15 is 0 Å². The first-order valence-electron chi connectivity index (χ1n) is 5.40. The summed E-state index contributed by atoms with van der Waals surface area (Å²) in [5, 5.41) is 14.0. The number of halogens is 1. The van der Waals surface area contributed by atoms with Crippen LogP contribution in [0.3, 0.4) is 0 Å². The quantitative estimate of drug-likeness (QED) is 0.736. The summed E-state index contributed by atoms with van der Waals surface area (Å²) in [4.78, 5) is 21.7. The summed E-state index contributed by atoms with van der Waals surface area (Å²) in [6.45, 7) is 3.00. The highest BCUT2D eigenvalue weighted by atomic mass is 19.1. The van der Waals surface area contributed by atoms with Crippen molar-refractivity contribution >= 4 is 17.6 Å². The van der Waals surface area contributed by atoms with Crippen LogP contribution >= 0.6 is 0 Å². The van der Waals surface area contributed by atoms with Crippen molar-refractivity contribution in [1.82, 2.24) is 5.32 Å². The largest absolute Gasteiger partial charge is 0.480 e. The van der Waals surface area contributed by atoms with Crippen LogP contribution < -0.4 is 10.6 Å². The van der Waals surface area contributed by atoms with Gasteiger partial charge in [0.25, 0.3) is 0 Å². The monoisotopic (exact) mass is 254 g/mol. The molecule has 1 unspecified atom stereocenters. The zero-order valence-corrected chi connectivity index (χ0v) is 10.2. The summed E-state index contributed by atoms with van der Waals surface area (Å²) < 4.78 is 13.0. The summed E-state index contributed by atoms with van der Waals surface area (Å²) in [6.07, 6.45) is 0. The van der Waals surface area contributed by atoms with Crippen molar-refractivity contribution in [2.45, 2.75) is 19.9 Å². The average Bonchev–Trinajstić information content (AvgIpc) is 2.27. The maximum atomic E-state index is 13.0. The fourth-order valence-corrected chi connectivity index (χ4v) is 1.44. The molecule has 98 valence electrons. The molecule has 0 bridgehead atoms. The molecule has 0 radical (unpaired) electrons. The molecule has 0 fully saturated rings. The number of amides is 1. The Bertz CT molecular complexity index is 463. The third-order valence-electron chi connectivity index (χ3n) is 2.37. The Morgan fingerprint density at radius 2 is 2.11 bits per heavy atom. The van der Waals surface area contributed by atoms with Gasteiger partial charge in [-0.15, -0.1) is 0 Å². The van der Waals surface area contributed by atoms with Crippen molar-refractivity contribution in [3.63, 3.8) is 0 Å². The van der Waals surface area contributed by atoms with Gasteiger partial charge in [0.05, 0.1) is 0 Å². The highest BCUT2D eigenvalue weighted by Crippen LogP contribution is 2.15. The van der Waals surface area contributed by atoms with Crippen LogP contribution in [-0.2, 0) is 9.59 Å². The number of anilines is 1. The fraction of sp³-hybridized carbons (Fsp3) is 0.333. The maximum Gasteiger partial charge on any atom is 0.328 e. The van der Waals surface area contributed by atoms with Crippen molar-refractivity contribution in [3.8, 4) is 0 Å². The van der Waals surface area contributed by atoms with Gasteiger partial charge in [-0.25, -0.2) is 9.18 Å². The lowest BCUT2D eigenvalue weighted by molar-refractivity contribution is -0.141. The number of aryl methyl sites for hydroxylation is 1. The maximum absolute atomic E-state index is 13.0. The molecule has 1 aromatic carbocycles. The van der Waals surface area contributed by atoms with Crippen molar-refractivity contribution in [2.24, 2.45) is 0 Å². The molecule has 1 atom stereocenters. The van der Waals surface area contributed by atoms with E-state index in [0.29, 0.717) is 5.69 Å². The Morgan fingerprint density at radius 3 is 2.67 bits per heavy atom. The fourth-order valence-electron chi connectivity index (χ4n) is 1.44. The Labute approximate surface area is 104 Å². The van der Waals surface area contributed by atoms with Crippen LogP contribution in [0.15, 0.2) is 18.2 Å². The predicted molar refractivity (Wildman–Crippen MR) is 64.9 cm³/mol. The normalized spacial score (nSPS) is 11.7. The van der Waals surface area contributed by atoms with E-state index in [-0.39, 0.29) is 6.54 Å². The molecular formula is C12H15FN2O3. The van der Waals surface area contributed by atoms with Gasteiger partial charge in [-0.1, -0.05) is 6.07 Å². The molecule has 3 N–H and O–H groups in total. The van der Waals surface area contributed by atoms with E-state index in [1.807, 2.05) is 0 Å². The van der Waals surface area contributed by atoms with Gasteiger partial charge in [-0.2, -0.15) is 0 Å². The number of aliphatic carboxylic acids is 1. The number of carbonyl (C=O) groups excluding carboxylic acids is 1. The van der Waals surface area contributed by atoms with Crippen molar-refractivity contribution in [2.75, 3.05) is 11.9 Å². The first-order valence-corrected chi connectivity index (χ1v) is 5.40. The van der Waals surface area contributed by atoms with Crippen LogP contribution in [0.4, 0.5) is 10.1 Å². The van der Waals surface area contributed by atoms with Gasteiger partial charge >= 0.3 is 5.97 Å². The molecule has 0 aliphatic heterocycles. The van der Waals surface area contributed by atoms with E-state index in [1.54, 1.807) is 13.0 Å². The second-order valence-corrected chi connectivity index (χ2v) is 3.93. The smallest absolute Gasteiger partial charge is 0.328 e. The molecule has 0 spiro atoms. The van der Waals surface area contributed by atoms with Gasteiger partial charge in [0.2, 0.25) is 5.91 Å². The Kier molecular flexibility index (Phi) is 4.65. The van der Waals surface area contributed by atoms with Crippen LogP contribution in [0, 0.1) is 12.7 Å². The third-order valence-corrected chi connectivity index (χ3v) is 2.37. The highest BCUT2D eigenvalue weighted by Gasteiger charge is 2.18. The highest BCUT2D eigenvalue weighted by molar-refractivity contribution is 5.82. The van der Waals surface area contributed by atoms with Crippen LogP contribution in [0.2, 0.25) is 0 Å². The Balaban J connectivity index is 2.69. The first-order chi connectivity index (χ1) is 8.40. The minimum atomic E-state index is -1.15. The van der Waals surface area contributed by atoms with E-state index in [1.165, 1.54) is 19.1 Å². The molecule has 0 aliphatic carbocycles. The second kappa shape index (κ2) is 6.00. The number of nitrogens with one attached hydrogen (secondary N) is 2. The number of rotatable bonds is 5. The van der Waals surface area contributed by atoms with Crippen LogP contribution in [0.25, 0.3) is 0 Å². The first kappa shape index (κ1) is 14.0. The summed E-state index contributed by atoms with van der Waals surface area (Å²) in [5.74, 6) is -1.98. The minimum absolute atomic E-state index is 0.0147. The summed E-state index contributed by atoms with van der Waals surface area (Å²) in [6, 6.07) is 3.14. The van der Waals surface area contributed by atoms with E-state index in [4.69, 9.17) is 5.11 Å². The van der Waals surface area contributed by atoms with Gasteiger partial charge in [-0.3, -0.25) is 4.79 Å². The topological polar surface area (TPSA) is 78.4 Å². The van der Waals surface area contributed by atoms with Crippen molar-refractivity contribution < 1.29 is 19.1 Å². The average molecular weight is 254 g/mol. The van der Waals surface area contributed by atoms with Crippen molar-refractivity contribution in [3.05, 3.63) is 29.6 Å². The van der Waals surface area contributed by atoms with E-state index in [9.17, 15) is 14.0 Å². The number of carbonyl (C=O) groups is 2. The van der Waals surface area contributed by atoms with Gasteiger partial charge in [0.1, 0.15) is 11.9 Å². The van der Waals surface area contributed by atoms with Crippen molar-refractivity contribution in [1.29, 1.82) is 0 Å². The molecule has 0 aliphatic rings. The minimum Gasteiger partial charge on any atom is -0.480 e. The van der Waals surface area contributed by atoms with Crippen LogP contribution in [-0.4, -0.2) is 29.6 Å². The molecule has 1 amide bonds. The molecule has 0 saturated carbocycles. The molecule has 6 heteroatoms. The lowest BCUT2D eigenvalue weighted by Crippen LogP contribution is -2.44. The van der Waals surface area contributed by atoms with E-state index < -0.39 is 23.7 Å². The standard InChI is InChI=1S/C12H15FN2O3/c1-7-3-4-9(13)5-10(7)14-6-11(12(17)18)15-8(2)16/h3-5,11,14H,6H2,1-2H3,(H,15,16)(H,17,18). The van der Waals surface area contributed by atoms with E-state index in [0.717, 1.165) is 5.56 Å². The van der Waals surface area contributed by atoms with Gasteiger partial charge in [0, 0.05) is 19.2 Å². The van der Waals surface area contributed by atoms with Gasteiger partial charge in [-0.05, 0) is 24.6 Å². The number of carboxylic acid groups (broad SMARTS) is 1.